The average molecular weight is 275 g/mol. The van der Waals surface area contributed by atoms with Gasteiger partial charge in [-0.1, -0.05) is 51.1 Å². The fourth-order valence-electron chi connectivity index (χ4n) is 2.10. The van der Waals surface area contributed by atoms with E-state index in [0.29, 0.717) is 13.0 Å². The van der Waals surface area contributed by atoms with Crippen LogP contribution in [0.5, 0.6) is 0 Å². The summed E-state index contributed by atoms with van der Waals surface area (Å²) in [5.41, 5.74) is 2.58. The number of benzene rings is 1. The predicted molar refractivity (Wildman–Crippen MR) is 83.1 cm³/mol. The minimum absolute atomic E-state index is 0.0639. The molecule has 20 heavy (non-hydrogen) atoms. The van der Waals surface area contributed by atoms with E-state index < -0.39 is 5.97 Å². The second-order valence-electron chi connectivity index (χ2n) is 6.14. The van der Waals surface area contributed by atoms with Crippen LogP contribution in [0.15, 0.2) is 36.9 Å². The van der Waals surface area contributed by atoms with Crippen LogP contribution < -0.4 is 5.32 Å². The minimum atomic E-state index is -0.780. The summed E-state index contributed by atoms with van der Waals surface area (Å²) in [6.07, 6.45) is 2.58. The number of nitrogens with one attached hydrogen (secondary N) is 1. The summed E-state index contributed by atoms with van der Waals surface area (Å²) in [4.78, 5) is 10.9. The molecule has 0 aliphatic heterocycles. The van der Waals surface area contributed by atoms with Crippen molar-refractivity contribution in [2.75, 3.05) is 6.54 Å². The Morgan fingerprint density at radius 2 is 1.95 bits per heavy atom. The fraction of sp³-hybridized carbons (Fsp3) is 0.471. The van der Waals surface area contributed by atoms with E-state index in [-0.39, 0.29) is 17.9 Å². The number of hydrogen-bond acceptors (Lipinski definition) is 2. The van der Waals surface area contributed by atoms with Crippen LogP contribution in [0.25, 0.3) is 0 Å². The lowest BCUT2D eigenvalue weighted by Gasteiger charge is -2.20. The quantitative estimate of drug-likeness (QED) is 0.752. The number of carboxylic acids is 1. The molecule has 1 atom stereocenters. The molecule has 0 aliphatic rings. The maximum atomic E-state index is 10.9. The second kappa shape index (κ2) is 7.25. The molecule has 0 bridgehead atoms. The molecule has 0 saturated carbocycles. The zero-order chi connectivity index (χ0) is 15.2. The first-order valence-corrected chi connectivity index (χ1v) is 6.98. The highest BCUT2D eigenvalue weighted by atomic mass is 16.4. The monoisotopic (exact) mass is 275 g/mol. The van der Waals surface area contributed by atoms with Crippen molar-refractivity contribution in [3.63, 3.8) is 0 Å². The summed E-state index contributed by atoms with van der Waals surface area (Å²) >= 11 is 0. The van der Waals surface area contributed by atoms with Crippen LogP contribution in [-0.4, -0.2) is 23.7 Å². The molecule has 0 aliphatic carbocycles. The molecule has 3 heteroatoms. The average Bonchev–Trinajstić information content (AvgIpc) is 2.35. The van der Waals surface area contributed by atoms with Gasteiger partial charge in [0.25, 0.3) is 0 Å². The van der Waals surface area contributed by atoms with Gasteiger partial charge in [-0.15, -0.1) is 6.58 Å². The molecule has 0 saturated heterocycles. The van der Waals surface area contributed by atoms with E-state index in [1.165, 1.54) is 5.56 Å². The molecular formula is C17H25NO2. The molecule has 0 amide bonds. The van der Waals surface area contributed by atoms with Gasteiger partial charge in [-0.05, 0) is 23.0 Å². The molecule has 0 radical (unpaired) electrons. The summed E-state index contributed by atoms with van der Waals surface area (Å²) in [5.74, 6) is -0.780. The number of rotatable bonds is 7. The Labute approximate surface area is 121 Å². The molecular weight excluding hydrogens is 250 g/mol. The molecule has 0 spiro atoms. The molecule has 0 fully saturated rings. The van der Waals surface area contributed by atoms with Crippen LogP contribution in [0.2, 0.25) is 0 Å². The van der Waals surface area contributed by atoms with Crippen LogP contribution in [0.1, 0.15) is 38.3 Å². The van der Waals surface area contributed by atoms with Crippen molar-refractivity contribution in [3.05, 3.63) is 48.0 Å². The summed E-state index contributed by atoms with van der Waals surface area (Å²) < 4.78 is 0. The topological polar surface area (TPSA) is 49.3 Å². The van der Waals surface area contributed by atoms with Crippen LogP contribution in [0.4, 0.5) is 0 Å². The molecule has 1 aromatic rings. The minimum Gasteiger partial charge on any atom is -0.481 e. The summed E-state index contributed by atoms with van der Waals surface area (Å²) in [7, 11) is 0. The molecule has 1 aromatic carbocycles. The smallest absolute Gasteiger partial charge is 0.304 e. The number of carbonyl (C=O) groups is 1. The van der Waals surface area contributed by atoms with Gasteiger partial charge >= 0.3 is 5.97 Å². The van der Waals surface area contributed by atoms with Gasteiger partial charge in [0.15, 0.2) is 0 Å². The van der Waals surface area contributed by atoms with Gasteiger partial charge in [-0.2, -0.15) is 0 Å². The van der Waals surface area contributed by atoms with E-state index >= 15 is 0 Å². The Kier molecular flexibility index (Phi) is 5.96. The lowest BCUT2D eigenvalue weighted by molar-refractivity contribution is -0.137. The van der Waals surface area contributed by atoms with Crippen molar-refractivity contribution in [2.45, 2.75) is 45.1 Å². The predicted octanol–water partition coefficient (Wildman–Crippen LogP) is 3.15. The van der Waals surface area contributed by atoms with E-state index in [4.69, 9.17) is 5.11 Å². The van der Waals surface area contributed by atoms with Gasteiger partial charge in [-0.3, -0.25) is 4.79 Å². The first kappa shape index (κ1) is 16.4. The van der Waals surface area contributed by atoms with E-state index in [2.05, 4.69) is 56.9 Å². The SMILES string of the molecule is C=CCNC(CC(=O)O)Cc1ccc(C(C)(C)C)cc1. The highest BCUT2D eigenvalue weighted by Crippen LogP contribution is 2.22. The first-order valence-electron chi connectivity index (χ1n) is 6.98. The summed E-state index contributed by atoms with van der Waals surface area (Å²) in [6, 6.07) is 8.36. The summed E-state index contributed by atoms with van der Waals surface area (Å²) in [6.45, 7) is 10.8. The van der Waals surface area contributed by atoms with Gasteiger partial charge in [0.05, 0.1) is 6.42 Å². The maximum Gasteiger partial charge on any atom is 0.304 e. The third-order valence-corrected chi connectivity index (χ3v) is 3.27. The van der Waals surface area contributed by atoms with Crippen molar-refractivity contribution < 1.29 is 9.90 Å². The van der Waals surface area contributed by atoms with Crippen LogP contribution >= 0.6 is 0 Å². The van der Waals surface area contributed by atoms with Crippen molar-refractivity contribution >= 4 is 5.97 Å². The number of carboxylic acid groups (broad SMARTS) is 1. The Bertz CT molecular complexity index is 443. The van der Waals surface area contributed by atoms with Crippen molar-refractivity contribution in [1.82, 2.24) is 5.32 Å². The van der Waals surface area contributed by atoms with Gasteiger partial charge in [0, 0.05) is 12.6 Å². The van der Waals surface area contributed by atoms with Gasteiger partial charge in [0.2, 0.25) is 0 Å². The van der Waals surface area contributed by atoms with Crippen LogP contribution in [0, 0.1) is 0 Å². The zero-order valence-electron chi connectivity index (χ0n) is 12.6. The van der Waals surface area contributed by atoms with E-state index in [1.807, 2.05) is 0 Å². The molecule has 2 N–H and O–H groups in total. The largest absolute Gasteiger partial charge is 0.481 e. The maximum absolute atomic E-state index is 10.9. The molecule has 0 aromatic heterocycles. The fourth-order valence-corrected chi connectivity index (χ4v) is 2.10. The normalized spacial score (nSPS) is 12.9. The lowest BCUT2D eigenvalue weighted by atomic mass is 9.86. The Hall–Kier alpha value is -1.61. The molecule has 1 unspecified atom stereocenters. The van der Waals surface area contributed by atoms with E-state index in [1.54, 1.807) is 6.08 Å². The standard InChI is InChI=1S/C17H25NO2/c1-5-10-18-15(12-16(19)20)11-13-6-8-14(9-7-13)17(2,3)4/h5-9,15,18H,1,10-12H2,2-4H3,(H,19,20). The Balaban J connectivity index is 2.72. The highest BCUT2D eigenvalue weighted by Gasteiger charge is 2.15. The molecule has 3 nitrogen and oxygen atoms in total. The third-order valence-electron chi connectivity index (χ3n) is 3.27. The van der Waals surface area contributed by atoms with Gasteiger partial charge in [-0.25, -0.2) is 0 Å². The number of hydrogen-bond donors (Lipinski definition) is 2. The first-order chi connectivity index (χ1) is 9.32. The Morgan fingerprint density at radius 3 is 2.40 bits per heavy atom. The van der Waals surface area contributed by atoms with Crippen LogP contribution in [-0.2, 0) is 16.6 Å². The van der Waals surface area contributed by atoms with Crippen molar-refractivity contribution in [2.24, 2.45) is 0 Å². The van der Waals surface area contributed by atoms with Crippen LogP contribution in [0.3, 0.4) is 0 Å². The molecule has 110 valence electrons. The number of aliphatic carboxylic acids is 1. The van der Waals surface area contributed by atoms with E-state index in [9.17, 15) is 4.79 Å². The van der Waals surface area contributed by atoms with Gasteiger partial charge in [0.1, 0.15) is 0 Å². The second-order valence-corrected chi connectivity index (χ2v) is 6.14. The Morgan fingerprint density at radius 1 is 1.35 bits per heavy atom. The lowest BCUT2D eigenvalue weighted by Crippen LogP contribution is -2.33. The zero-order valence-corrected chi connectivity index (χ0v) is 12.6. The summed E-state index contributed by atoms with van der Waals surface area (Å²) in [5, 5.41) is 12.1. The van der Waals surface area contributed by atoms with Crippen molar-refractivity contribution in [3.8, 4) is 0 Å². The van der Waals surface area contributed by atoms with Crippen molar-refractivity contribution in [1.29, 1.82) is 0 Å². The third kappa shape index (κ3) is 5.57. The highest BCUT2D eigenvalue weighted by molar-refractivity contribution is 5.67. The molecule has 0 heterocycles. The van der Waals surface area contributed by atoms with E-state index in [0.717, 1.165) is 5.56 Å². The van der Waals surface area contributed by atoms with Gasteiger partial charge < -0.3 is 10.4 Å². The molecule has 1 rings (SSSR count).